The van der Waals surface area contributed by atoms with Crippen LogP contribution in [0.5, 0.6) is 0 Å². The topological polar surface area (TPSA) is 35.6 Å². The van der Waals surface area contributed by atoms with Crippen LogP contribution in [-0.4, -0.2) is 41.6 Å². The van der Waals surface area contributed by atoms with Gasteiger partial charge in [0.1, 0.15) is 0 Å². The standard InChI is InChI=1S/C12H23N3O/c1-10-8-12(2,3)9-15(10)13-11(16)14-6-4-5-7-14/h10H,4-9H2,1-3H3,(H,13,16). The Morgan fingerprint density at radius 3 is 2.44 bits per heavy atom. The molecule has 2 aliphatic heterocycles. The summed E-state index contributed by atoms with van der Waals surface area (Å²) in [6.07, 6.45) is 3.44. The second-order valence-electron chi connectivity index (χ2n) is 5.96. The molecule has 0 aromatic rings. The number of carbonyl (C=O) groups excluding carboxylic acids is 1. The number of amides is 2. The van der Waals surface area contributed by atoms with Gasteiger partial charge in [0.05, 0.1) is 0 Å². The molecule has 1 N–H and O–H groups in total. The van der Waals surface area contributed by atoms with Crippen molar-refractivity contribution in [1.29, 1.82) is 0 Å². The summed E-state index contributed by atoms with van der Waals surface area (Å²) in [5.41, 5.74) is 3.36. The summed E-state index contributed by atoms with van der Waals surface area (Å²) in [5.74, 6) is 0. The number of nitrogens with zero attached hydrogens (tertiary/aromatic N) is 2. The van der Waals surface area contributed by atoms with Gasteiger partial charge in [0.2, 0.25) is 0 Å². The molecule has 0 spiro atoms. The van der Waals surface area contributed by atoms with Crippen LogP contribution in [0.2, 0.25) is 0 Å². The Morgan fingerprint density at radius 2 is 1.94 bits per heavy atom. The fourth-order valence-electron chi connectivity index (χ4n) is 2.85. The highest BCUT2D eigenvalue weighted by atomic mass is 16.2. The summed E-state index contributed by atoms with van der Waals surface area (Å²) >= 11 is 0. The number of urea groups is 1. The second kappa shape index (κ2) is 4.24. The normalized spacial score (nSPS) is 29.7. The molecule has 0 radical (unpaired) electrons. The maximum atomic E-state index is 11.9. The molecule has 0 aliphatic carbocycles. The van der Waals surface area contributed by atoms with Gasteiger partial charge >= 0.3 is 6.03 Å². The molecule has 16 heavy (non-hydrogen) atoms. The van der Waals surface area contributed by atoms with Crippen molar-refractivity contribution in [2.45, 2.75) is 46.1 Å². The minimum absolute atomic E-state index is 0.0852. The molecule has 2 aliphatic rings. The number of rotatable bonds is 1. The molecule has 2 rings (SSSR count). The largest absolute Gasteiger partial charge is 0.331 e. The van der Waals surface area contributed by atoms with Gasteiger partial charge in [-0.05, 0) is 31.6 Å². The van der Waals surface area contributed by atoms with E-state index in [4.69, 9.17) is 0 Å². The third kappa shape index (κ3) is 2.48. The molecule has 4 nitrogen and oxygen atoms in total. The van der Waals surface area contributed by atoms with E-state index in [1.807, 2.05) is 4.90 Å². The highest BCUT2D eigenvalue weighted by Gasteiger charge is 2.36. The van der Waals surface area contributed by atoms with Crippen molar-refractivity contribution in [2.75, 3.05) is 19.6 Å². The quantitative estimate of drug-likeness (QED) is 0.739. The third-order valence-electron chi connectivity index (χ3n) is 3.61. The Kier molecular flexibility index (Phi) is 3.10. The van der Waals surface area contributed by atoms with Crippen molar-refractivity contribution < 1.29 is 4.79 Å². The van der Waals surface area contributed by atoms with Crippen LogP contribution in [0, 0.1) is 5.41 Å². The Balaban J connectivity index is 1.87. The lowest BCUT2D eigenvalue weighted by Gasteiger charge is -2.26. The van der Waals surface area contributed by atoms with Crippen LogP contribution in [0.3, 0.4) is 0 Å². The van der Waals surface area contributed by atoms with Crippen LogP contribution in [-0.2, 0) is 0 Å². The molecule has 1 unspecified atom stereocenters. The van der Waals surface area contributed by atoms with Crippen LogP contribution in [0.1, 0.15) is 40.0 Å². The number of likely N-dealkylation sites (tertiary alicyclic amines) is 1. The van der Waals surface area contributed by atoms with Crippen molar-refractivity contribution in [3.05, 3.63) is 0 Å². The second-order valence-corrected chi connectivity index (χ2v) is 5.96. The van der Waals surface area contributed by atoms with Gasteiger partial charge < -0.3 is 4.90 Å². The van der Waals surface area contributed by atoms with Gasteiger partial charge in [-0.1, -0.05) is 13.8 Å². The highest BCUT2D eigenvalue weighted by Crippen LogP contribution is 2.32. The zero-order valence-corrected chi connectivity index (χ0v) is 10.6. The van der Waals surface area contributed by atoms with Crippen molar-refractivity contribution in [3.8, 4) is 0 Å². The first-order valence-corrected chi connectivity index (χ1v) is 6.30. The maximum Gasteiger partial charge on any atom is 0.331 e. The molecule has 4 heteroatoms. The lowest BCUT2D eigenvalue weighted by Crippen LogP contribution is -2.49. The predicted octanol–water partition coefficient (Wildman–Crippen LogP) is 1.83. The Labute approximate surface area is 97.9 Å². The molecule has 0 saturated carbocycles. The molecular formula is C12H23N3O. The zero-order valence-electron chi connectivity index (χ0n) is 10.6. The summed E-state index contributed by atoms with van der Waals surface area (Å²) in [6, 6.07) is 0.531. The molecule has 2 fully saturated rings. The molecule has 0 aromatic heterocycles. The maximum absolute atomic E-state index is 11.9. The summed E-state index contributed by atoms with van der Waals surface area (Å²) in [4.78, 5) is 13.8. The van der Waals surface area contributed by atoms with Gasteiger partial charge in [0, 0.05) is 25.7 Å². The molecule has 2 saturated heterocycles. The lowest BCUT2D eigenvalue weighted by molar-refractivity contribution is 0.143. The average molecular weight is 225 g/mol. The number of nitrogens with one attached hydrogen (secondary N) is 1. The van der Waals surface area contributed by atoms with Gasteiger partial charge in [0.15, 0.2) is 0 Å². The van der Waals surface area contributed by atoms with E-state index in [1.165, 1.54) is 0 Å². The summed E-state index contributed by atoms with van der Waals surface area (Å²) < 4.78 is 0. The minimum Gasteiger partial charge on any atom is -0.324 e. The van der Waals surface area contributed by atoms with E-state index >= 15 is 0 Å². The molecule has 92 valence electrons. The third-order valence-corrected chi connectivity index (χ3v) is 3.61. The predicted molar refractivity (Wildman–Crippen MR) is 63.9 cm³/mol. The number of carbonyl (C=O) groups is 1. The van der Waals surface area contributed by atoms with Gasteiger partial charge in [-0.15, -0.1) is 0 Å². The van der Waals surface area contributed by atoms with Crippen LogP contribution in [0.25, 0.3) is 0 Å². The first-order chi connectivity index (χ1) is 7.48. The molecule has 0 bridgehead atoms. The number of hydrogen-bond acceptors (Lipinski definition) is 2. The fourth-order valence-corrected chi connectivity index (χ4v) is 2.85. The van der Waals surface area contributed by atoms with Crippen LogP contribution >= 0.6 is 0 Å². The van der Waals surface area contributed by atoms with Gasteiger partial charge in [-0.2, -0.15) is 0 Å². The van der Waals surface area contributed by atoms with E-state index in [0.29, 0.717) is 11.5 Å². The van der Waals surface area contributed by atoms with Crippen molar-refractivity contribution in [2.24, 2.45) is 5.41 Å². The first kappa shape index (κ1) is 11.7. The highest BCUT2D eigenvalue weighted by molar-refractivity contribution is 5.73. The van der Waals surface area contributed by atoms with E-state index in [0.717, 1.165) is 38.9 Å². The van der Waals surface area contributed by atoms with E-state index in [-0.39, 0.29) is 6.03 Å². The van der Waals surface area contributed by atoms with Crippen LogP contribution in [0.15, 0.2) is 0 Å². The summed E-state index contributed by atoms with van der Waals surface area (Å²) in [6.45, 7) is 9.47. The van der Waals surface area contributed by atoms with E-state index in [9.17, 15) is 4.79 Å². The fraction of sp³-hybridized carbons (Fsp3) is 0.917. The zero-order chi connectivity index (χ0) is 11.8. The first-order valence-electron chi connectivity index (χ1n) is 6.30. The minimum atomic E-state index is 0.0852. The van der Waals surface area contributed by atoms with Crippen molar-refractivity contribution in [1.82, 2.24) is 15.3 Å². The average Bonchev–Trinajstić information content (AvgIpc) is 2.74. The molecule has 2 amide bonds. The lowest BCUT2D eigenvalue weighted by atomic mass is 9.91. The van der Waals surface area contributed by atoms with Gasteiger partial charge in [-0.3, -0.25) is 5.43 Å². The van der Waals surface area contributed by atoms with E-state index < -0.39 is 0 Å². The van der Waals surface area contributed by atoms with Crippen molar-refractivity contribution >= 4 is 6.03 Å². The molecular weight excluding hydrogens is 202 g/mol. The molecule has 0 aromatic carbocycles. The number of hydrazine groups is 1. The van der Waals surface area contributed by atoms with Crippen LogP contribution < -0.4 is 5.43 Å². The Bertz CT molecular complexity index is 271. The van der Waals surface area contributed by atoms with Crippen molar-refractivity contribution in [3.63, 3.8) is 0 Å². The van der Waals surface area contributed by atoms with Gasteiger partial charge in [0.25, 0.3) is 0 Å². The molecule has 2 heterocycles. The van der Waals surface area contributed by atoms with Crippen LogP contribution in [0.4, 0.5) is 4.79 Å². The van der Waals surface area contributed by atoms with E-state index in [2.05, 4.69) is 31.2 Å². The molecule has 1 atom stereocenters. The smallest absolute Gasteiger partial charge is 0.324 e. The number of hydrogen-bond donors (Lipinski definition) is 1. The Hall–Kier alpha value is -0.770. The summed E-state index contributed by atoms with van der Waals surface area (Å²) in [7, 11) is 0. The van der Waals surface area contributed by atoms with Gasteiger partial charge in [-0.25, -0.2) is 9.80 Å². The summed E-state index contributed by atoms with van der Waals surface area (Å²) in [5, 5.41) is 2.10. The van der Waals surface area contributed by atoms with E-state index in [1.54, 1.807) is 0 Å². The SMILES string of the molecule is CC1CC(C)(C)CN1NC(=O)N1CCCC1. The Morgan fingerprint density at radius 1 is 1.31 bits per heavy atom. The monoisotopic (exact) mass is 225 g/mol.